The number of rotatable bonds is 6. The van der Waals surface area contributed by atoms with Gasteiger partial charge in [-0.25, -0.2) is 13.1 Å². The SMILES string of the molecule is CCCCS(=O)(=O)N[C@@H]1CCC[C@@H]1C(N)=O. The first-order chi connectivity index (χ1) is 7.46. The molecule has 0 aromatic heterocycles. The summed E-state index contributed by atoms with van der Waals surface area (Å²) in [5.41, 5.74) is 5.23. The zero-order valence-corrected chi connectivity index (χ0v) is 10.4. The molecule has 0 aliphatic heterocycles. The van der Waals surface area contributed by atoms with Crippen LogP contribution in [0.2, 0.25) is 0 Å². The lowest BCUT2D eigenvalue weighted by Gasteiger charge is -2.18. The molecule has 1 amide bonds. The van der Waals surface area contributed by atoms with E-state index in [1.54, 1.807) is 0 Å². The number of hydrogen-bond acceptors (Lipinski definition) is 3. The van der Waals surface area contributed by atoms with Crippen LogP contribution in [0.25, 0.3) is 0 Å². The molecule has 3 N–H and O–H groups in total. The quantitative estimate of drug-likeness (QED) is 0.711. The highest BCUT2D eigenvalue weighted by molar-refractivity contribution is 7.89. The van der Waals surface area contributed by atoms with E-state index in [4.69, 9.17) is 5.73 Å². The lowest BCUT2D eigenvalue weighted by atomic mass is 10.0. The number of amides is 1. The van der Waals surface area contributed by atoms with E-state index in [0.29, 0.717) is 19.3 Å². The van der Waals surface area contributed by atoms with Crippen molar-refractivity contribution in [2.75, 3.05) is 5.75 Å². The van der Waals surface area contributed by atoms with Crippen LogP contribution >= 0.6 is 0 Å². The standard InChI is InChI=1S/C10H20N2O3S/c1-2-3-7-16(14,15)12-9-6-4-5-8(9)10(11)13/h8-9,12H,2-7H2,1H3,(H2,11,13)/t8-,9+/m0/s1. The second-order valence-electron chi connectivity index (χ2n) is 4.34. The largest absolute Gasteiger partial charge is 0.369 e. The van der Waals surface area contributed by atoms with Crippen LogP contribution < -0.4 is 10.5 Å². The van der Waals surface area contributed by atoms with Gasteiger partial charge in [-0.2, -0.15) is 0 Å². The van der Waals surface area contributed by atoms with Gasteiger partial charge in [0.1, 0.15) is 0 Å². The third kappa shape index (κ3) is 3.75. The maximum absolute atomic E-state index is 11.7. The van der Waals surface area contributed by atoms with Crippen molar-refractivity contribution >= 4 is 15.9 Å². The van der Waals surface area contributed by atoms with Gasteiger partial charge < -0.3 is 5.73 Å². The fraction of sp³-hybridized carbons (Fsp3) is 0.900. The summed E-state index contributed by atoms with van der Waals surface area (Å²) in [4.78, 5) is 11.1. The zero-order valence-electron chi connectivity index (χ0n) is 9.61. The number of sulfonamides is 1. The molecule has 0 heterocycles. The van der Waals surface area contributed by atoms with Gasteiger partial charge in [-0.3, -0.25) is 4.79 Å². The number of primary amides is 1. The Morgan fingerprint density at radius 1 is 1.44 bits per heavy atom. The van der Waals surface area contributed by atoms with E-state index in [1.165, 1.54) is 0 Å². The number of carbonyl (C=O) groups is 1. The van der Waals surface area contributed by atoms with Crippen LogP contribution in [0.15, 0.2) is 0 Å². The lowest BCUT2D eigenvalue weighted by molar-refractivity contribution is -0.122. The highest BCUT2D eigenvalue weighted by Crippen LogP contribution is 2.25. The predicted molar refractivity (Wildman–Crippen MR) is 62.2 cm³/mol. The van der Waals surface area contributed by atoms with Crippen molar-refractivity contribution in [1.29, 1.82) is 0 Å². The van der Waals surface area contributed by atoms with Gasteiger partial charge in [-0.1, -0.05) is 19.8 Å². The molecule has 0 saturated heterocycles. The van der Waals surface area contributed by atoms with Crippen LogP contribution in [0.5, 0.6) is 0 Å². The smallest absolute Gasteiger partial charge is 0.222 e. The zero-order chi connectivity index (χ0) is 12.2. The summed E-state index contributed by atoms with van der Waals surface area (Å²) in [6, 6.07) is -0.292. The number of nitrogens with two attached hydrogens (primary N) is 1. The number of hydrogen-bond donors (Lipinski definition) is 2. The van der Waals surface area contributed by atoms with Crippen molar-refractivity contribution in [1.82, 2.24) is 4.72 Å². The fourth-order valence-electron chi connectivity index (χ4n) is 2.07. The highest BCUT2D eigenvalue weighted by Gasteiger charge is 2.33. The molecule has 0 bridgehead atoms. The van der Waals surface area contributed by atoms with Gasteiger partial charge in [0.2, 0.25) is 15.9 Å². The second kappa shape index (κ2) is 5.63. The van der Waals surface area contributed by atoms with Gasteiger partial charge >= 0.3 is 0 Å². The number of unbranched alkanes of at least 4 members (excludes halogenated alkanes) is 1. The predicted octanol–water partition coefficient (Wildman–Crippen LogP) is 0.360. The lowest BCUT2D eigenvalue weighted by Crippen LogP contribution is -2.43. The third-order valence-corrected chi connectivity index (χ3v) is 4.47. The molecule has 1 aliphatic rings. The number of carbonyl (C=O) groups excluding carboxylic acids is 1. The maximum atomic E-state index is 11.7. The van der Waals surface area contributed by atoms with E-state index in [2.05, 4.69) is 4.72 Å². The minimum atomic E-state index is -3.25. The molecule has 1 fully saturated rings. The topological polar surface area (TPSA) is 89.3 Å². The first-order valence-corrected chi connectivity index (χ1v) is 7.41. The molecule has 0 unspecified atom stereocenters. The Labute approximate surface area is 96.8 Å². The average molecular weight is 248 g/mol. The monoisotopic (exact) mass is 248 g/mol. The molecule has 1 aliphatic carbocycles. The van der Waals surface area contributed by atoms with E-state index in [0.717, 1.165) is 12.8 Å². The van der Waals surface area contributed by atoms with E-state index in [-0.39, 0.29) is 17.7 Å². The summed E-state index contributed by atoms with van der Waals surface area (Å²) < 4.78 is 25.9. The minimum absolute atomic E-state index is 0.130. The van der Waals surface area contributed by atoms with Crippen molar-refractivity contribution in [3.8, 4) is 0 Å². The summed E-state index contributed by atoms with van der Waals surface area (Å²) in [5, 5.41) is 0. The molecule has 1 saturated carbocycles. The van der Waals surface area contributed by atoms with Crippen molar-refractivity contribution in [2.45, 2.75) is 45.1 Å². The molecule has 16 heavy (non-hydrogen) atoms. The molecule has 6 heteroatoms. The summed E-state index contributed by atoms with van der Waals surface area (Å²) in [7, 11) is -3.25. The molecule has 1 rings (SSSR count). The summed E-state index contributed by atoms with van der Waals surface area (Å²) in [5.74, 6) is -0.608. The minimum Gasteiger partial charge on any atom is -0.369 e. The number of nitrogens with one attached hydrogen (secondary N) is 1. The van der Waals surface area contributed by atoms with E-state index >= 15 is 0 Å². The van der Waals surface area contributed by atoms with Crippen LogP contribution in [0.1, 0.15) is 39.0 Å². The van der Waals surface area contributed by atoms with E-state index in [1.807, 2.05) is 6.92 Å². The molecule has 94 valence electrons. The first kappa shape index (κ1) is 13.4. The third-order valence-electron chi connectivity index (χ3n) is 2.98. The van der Waals surface area contributed by atoms with Crippen LogP contribution in [0.3, 0.4) is 0 Å². The molecule has 2 atom stereocenters. The summed E-state index contributed by atoms with van der Waals surface area (Å²) in [6.07, 6.45) is 3.73. The molecule has 0 spiro atoms. The molecule has 5 nitrogen and oxygen atoms in total. The fourth-order valence-corrected chi connectivity index (χ4v) is 3.60. The Hall–Kier alpha value is -0.620. The Morgan fingerprint density at radius 3 is 2.69 bits per heavy atom. The van der Waals surface area contributed by atoms with Crippen LogP contribution in [-0.4, -0.2) is 26.1 Å². The van der Waals surface area contributed by atoms with E-state index in [9.17, 15) is 13.2 Å². The van der Waals surface area contributed by atoms with Crippen molar-refractivity contribution in [3.63, 3.8) is 0 Å². The highest BCUT2D eigenvalue weighted by atomic mass is 32.2. The molecular formula is C10H20N2O3S. The molecular weight excluding hydrogens is 228 g/mol. The normalized spacial score (nSPS) is 25.8. The first-order valence-electron chi connectivity index (χ1n) is 5.75. The van der Waals surface area contributed by atoms with Crippen LogP contribution in [0.4, 0.5) is 0 Å². The second-order valence-corrected chi connectivity index (χ2v) is 6.21. The Morgan fingerprint density at radius 2 is 2.12 bits per heavy atom. The molecule has 0 radical (unpaired) electrons. The van der Waals surface area contributed by atoms with Crippen molar-refractivity contribution in [2.24, 2.45) is 11.7 Å². The van der Waals surface area contributed by atoms with Gasteiger partial charge in [0.15, 0.2) is 0 Å². The summed E-state index contributed by atoms with van der Waals surface area (Å²) in [6.45, 7) is 1.94. The van der Waals surface area contributed by atoms with Crippen molar-refractivity contribution in [3.05, 3.63) is 0 Å². The molecule has 0 aromatic carbocycles. The van der Waals surface area contributed by atoms with Crippen LogP contribution in [0, 0.1) is 5.92 Å². The maximum Gasteiger partial charge on any atom is 0.222 e. The average Bonchev–Trinajstić information content (AvgIpc) is 2.62. The van der Waals surface area contributed by atoms with Crippen LogP contribution in [-0.2, 0) is 14.8 Å². The molecule has 0 aromatic rings. The van der Waals surface area contributed by atoms with Gasteiger partial charge in [0.25, 0.3) is 0 Å². The van der Waals surface area contributed by atoms with Crippen molar-refractivity contribution < 1.29 is 13.2 Å². The van der Waals surface area contributed by atoms with Gasteiger partial charge in [-0.05, 0) is 19.3 Å². The van der Waals surface area contributed by atoms with Gasteiger partial charge in [0.05, 0.1) is 11.7 Å². The van der Waals surface area contributed by atoms with Gasteiger partial charge in [0, 0.05) is 6.04 Å². The Balaban J connectivity index is 2.56. The Kier molecular flexibility index (Phi) is 4.73. The summed E-state index contributed by atoms with van der Waals surface area (Å²) >= 11 is 0. The Bertz CT molecular complexity index is 340. The van der Waals surface area contributed by atoms with Gasteiger partial charge in [-0.15, -0.1) is 0 Å². The van der Waals surface area contributed by atoms with E-state index < -0.39 is 15.9 Å².